The molecule has 2 aliphatic heterocycles. The van der Waals surface area contributed by atoms with Crippen LogP contribution in [-0.4, -0.2) is 84.1 Å². The molecule has 38 heavy (non-hydrogen) atoms. The summed E-state index contributed by atoms with van der Waals surface area (Å²) in [4.78, 5) is 20.2. The van der Waals surface area contributed by atoms with Crippen molar-refractivity contribution in [2.45, 2.75) is 51.0 Å². The van der Waals surface area contributed by atoms with Crippen LogP contribution in [0.25, 0.3) is 0 Å². The average molecular weight is 547 g/mol. The molecule has 0 atom stereocenters. The first-order valence-electron chi connectivity index (χ1n) is 13.3. The molecule has 10 nitrogen and oxygen atoms in total. The summed E-state index contributed by atoms with van der Waals surface area (Å²) in [6.07, 6.45) is 2.53. The van der Waals surface area contributed by atoms with Gasteiger partial charge in [-0.3, -0.25) is 14.7 Å². The Kier molecular flexibility index (Phi) is 9.04. The number of benzene rings is 1. The maximum Gasteiger partial charge on any atom is 0.256 e. The molecule has 2 N–H and O–H groups in total. The Morgan fingerprint density at radius 3 is 2.45 bits per heavy atom. The molecular weight excluding hydrogens is 508 g/mol. The lowest BCUT2D eigenvalue weighted by molar-refractivity contribution is 0.151. The number of rotatable bonds is 11. The van der Waals surface area contributed by atoms with Gasteiger partial charge in [-0.1, -0.05) is 20.3 Å². The van der Waals surface area contributed by atoms with Gasteiger partial charge in [0.2, 0.25) is 10.0 Å². The van der Waals surface area contributed by atoms with Crippen LogP contribution in [0.1, 0.15) is 49.1 Å². The predicted octanol–water partition coefficient (Wildman–Crippen LogP) is 1.59. The number of aliphatic hydroxyl groups excluding tert-OH is 2. The summed E-state index contributed by atoms with van der Waals surface area (Å²) in [7, 11) is -2.10. The van der Waals surface area contributed by atoms with Gasteiger partial charge in [0.25, 0.3) is 5.56 Å². The normalized spacial score (nSPS) is 16.5. The molecular formula is C27H38N4O6S. The summed E-state index contributed by atoms with van der Waals surface area (Å²) in [6.45, 7) is 6.61. The zero-order valence-electron chi connectivity index (χ0n) is 22.4. The molecule has 1 fully saturated rings. The minimum Gasteiger partial charge on any atom is -0.493 e. The topological polar surface area (TPSA) is 125 Å². The molecule has 2 aromatic rings. The van der Waals surface area contributed by atoms with E-state index in [0.29, 0.717) is 79.7 Å². The van der Waals surface area contributed by atoms with Gasteiger partial charge in [0, 0.05) is 62.9 Å². The Morgan fingerprint density at radius 1 is 1.08 bits per heavy atom. The number of pyridine rings is 1. The van der Waals surface area contributed by atoms with Crippen LogP contribution in [-0.2, 0) is 36.5 Å². The van der Waals surface area contributed by atoms with Crippen LogP contribution in [0.3, 0.4) is 0 Å². The van der Waals surface area contributed by atoms with E-state index in [-0.39, 0.29) is 30.1 Å². The number of aromatic nitrogens is 1. The van der Waals surface area contributed by atoms with E-state index in [2.05, 4.69) is 0 Å². The van der Waals surface area contributed by atoms with Gasteiger partial charge in [0.05, 0.1) is 41.8 Å². The summed E-state index contributed by atoms with van der Waals surface area (Å²) in [5.74, 6) is 0.529. The molecule has 4 rings (SSSR count). The fourth-order valence-corrected chi connectivity index (χ4v) is 6.62. The van der Waals surface area contributed by atoms with Crippen molar-refractivity contribution in [3.8, 4) is 5.75 Å². The fraction of sp³-hybridized carbons (Fsp3) is 0.556. The van der Waals surface area contributed by atoms with Crippen molar-refractivity contribution >= 4 is 21.4 Å². The number of piperazine rings is 1. The number of fused-ring (bicyclic) bond motifs is 1. The van der Waals surface area contributed by atoms with Crippen molar-refractivity contribution < 1.29 is 23.4 Å². The first-order valence-corrected chi connectivity index (χ1v) is 14.7. The van der Waals surface area contributed by atoms with Gasteiger partial charge in [-0.25, -0.2) is 8.42 Å². The summed E-state index contributed by atoms with van der Waals surface area (Å²) >= 11 is 0. The summed E-state index contributed by atoms with van der Waals surface area (Å²) < 4.78 is 36.1. The van der Waals surface area contributed by atoms with E-state index in [0.717, 1.165) is 18.4 Å². The number of aliphatic imine (C=N–C) groups is 1. The largest absolute Gasteiger partial charge is 0.493 e. The van der Waals surface area contributed by atoms with E-state index >= 15 is 0 Å². The molecule has 208 valence electrons. The number of nitrogens with zero attached hydrogens (tertiary/aromatic N) is 4. The van der Waals surface area contributed by atoms with Crippen LogP contribution in [0, 0.1) is 0 Å². The SMILES string of the molecule is CCCOc1ccc(S(=O)(=O)N2CCN(CCO)CC2)cc1C1=Nc2c(CCC)c(CO)n(C)c(=O)c2C1. The Morgan fingerprint density at radius 2 is 1.82 bits per heavy atom. The van der Waals surface area contributed by atoms with Crippen molar-refractivity contribution in [3.05, 3.63) is 50.9 Å². The van der Waals surface area contributed by atoms with Gasteiger partial charge in [-0.2, -0.15) is 4.31 Å². The second-order valence-corrected chi connectivity index (χ2v) is 11.7. The third-order valence-electron chi connectivity index (χ3n) is 7.24. The van der Waals surface area contributed by atoms with Crippen LogP contribution in [0.4, 0.5) is 5.69 Å². The maximum atomic E-state index is 13.6. The van der Waals surface area contributed by atoms with Crippen molar-refractivity contribution in [1.29, 1.82) is 0 Å². The quantitative estimate of drug-likeness (QED) is 0.439. The monoisotopic (exact) mass is 546 g/mol. The molecule has 3 heterocycles. The first-order chi connectivity index (χ1) is 18.3. The van der Waals surface area contributed by atoms with Crippen LogP contribution in [0.2, 0.25) is 0 Å². The molecule has 11 heteroatoms. The number of aliphatic hydroxyl groups is 2. The molecule has 0 bridgehead atoms. The predicted molar refractivity (Wildman–Crippen MR) is 146 cm³/mol. The molecule has 1 saturated heterocycles. The lowest BCUT2D eigenvalue weighted by Gasteiger charge is -2.33. The summed E-state index contributed by atoms with van der Waals surface area (Å²) in [5, 5.41) is 19.2. The second-order valence-electron chi connectivity index (χ2n) is 9.74. The molecule has 0 radical (unpaired) electrons. The van der Waals surface area contributed by atoms with Crippen molar-refractivity contribution in [2.75, 3.05) is 45.9 Å². The maximum absolute atomic E-state index is 13.6. The van der Waals surface area contributed by atoms with Crippen LogP contribution >= 0.6 is 0 Å². The number of ether oxygens (including phenoxy) is 1. The first kappa shape index (κ1) is 28.4. The summed E-state index contributed by atoms with van der Waals surface area (Å²) in [6, 6.07) is 4.86. The minimum absolute atomic E-state index is 0.0444. The van der Waals surface area contributed by atoms with Gasteiger partial charge in [0.15, 0.2) is 0 Å². The van der Waals surface area contributed by atoms with Gasteiger partial charge < -0.3 is 19.5 Å². The number of hydrogen-bond acceptors (Lipinski definition) is 8. The Labute approximate surface area is 224 Å². The van der Waals surface area contributed by atoms with E-state index in [9.17, 15) is 23.4 Å². The smallest absolute Gasteiger partial charge is 0.256 e. The van der Waals surface area contributed by atoms with E-state index in [4.69, 9.17) is 9.73 Å². The lowest BCUT2D eigenvalue weighted by atomic mass is 10.00. The lowest BCUT2D eigenvalue weighted by Crippen LogP contribution is -2.49. The third-order valence-corrected chi connectivity index (χ3v) is 9.13. The fourth-order valence-electron chi connectivity index (χ4n) is 5.17. The standard InChI is InChI=1S/C27H38N4O6S/c1-4-6-20-24(18-33)29(3)27(34)22-17-23(28-26(20)22)21-16-19(7-8-25(21)37-15-5-2)38(35,36)31-11-9-30(10-12-31)13-14-32/h7-8,16,32-33H,4-6,9-15,17-18H2,1-3H3. The summed E-state index contributed by atoms with van der Waals surface area (Å²) in [5.41, 5.74) is 3.48. The van der Waals surface area contributed by atoms with Crippen molar-refractivity contribution in [2.24, 2.45) is 12.0 Å². The molecule has 0 spiro atoms. The highest BCUT2D eigenvalue weighted by atomic mass is 32.2. The number of hydrogen-bond donors (Lipinski definition) is 2. The third kappa shape index (κ3) is 5.43. The van der Waals surface area contributed by atoms with Gasteiger partial charge in [-0.15, -0.1) is 0 Å². The Balaban J connectivity index is 1.75. The van der Waals surface area contributed by atoms with Gasteiger partial charge >= 0.3 is 0 Å². The molecule has 1 aromatic carbocycles. The van der Waals surface area contributed by atoms with Crippen LogP contribution in [0.5, 0.6) is 5.75 Å². The molecule has 2 aliphatic rings. The Bertz CT molecular complexity index is 1360. The molecule has 0 unspecified atom stereocenters. The highest BCUT2D eigenvalue weighted by Gasteiger charge is 2.31. The highest BCUT2D eigenvalue weighted by molar-refractivity contribution is 7.89. The van der Waals surface area contributed by atoms with E-state index in [1.54, 1.807) is 25.2 Å². The number of sulfonamides is 1. The molecule has 0 aliphatic carbocycles. The zero-order valence-corrected chi connectivity index (χ0v) is 23.3. The van der Waals surface area contributed by atoms with Crippen molar-refractivity contribution in [1.82, 2.24) is 13.8 Å². The Hall–Kier alpha value is -2.57. The minimum atomic E-state index is -3.76. The van der Waals surface area contributed by atoms with E-state index < -0.39 is 10.0 Å². The van der Waals surface area contributed by atoms with E-state index in [1.165, 1.54) is 8.87 Å². The van der Waals surface area contributed by atoms with E-state index in [1.807, 2.05) is 18.7 Å². The second kappa shape index (κ2) is 12.1. The van der Waals surface area contributed by atoms with Crippen molar-refractivity contribution in [3.63, 3.8) is 0 Å². The zero-order chi connectivity index (χ0) is 27.4. The average Bonchev–Trinajstić information content (AvgIpc) is 3.36. The number of β-amino-alcohol motifs (C(OH)–C–C–N with tert-alkyl or cyclic N) is 1. The molecule has 0 saturated carbocycles. The van der Waals surface area contributed by atoms with Gasteiger partial charge in [0.1, 0.15) is 5.75 Å². The highest BCUT2D eigenvalue weighted by Crippen LogP contribution is 2.36. The molecule has 0 amide bonds. The van der Waals surface area contributed by atoms with Gasteiger partial charge in [-0.05, 0) is 31.0 Å². The van der Waals surface area contributed by atoms with Crippen LogP contribution in [0.15, 0.2) is 32.9 Å². The molecule has 1 aromatic heterocycles. The van der Waals surface area contributed by atoms with Crippen LogP contribution < -0.4 is 10.3 Å².